The number of rotatable bonds is 3. The van der Waals surface area contributed by atoms with Gasteiger partial charge < -0.3 is 15.5 Å². The predicted octanol–water partition coefficient (Wildman–Crippen LogP) is 3.52. The number of likely N-dealkylation sites (tertiary alicyclic amines) is 1. The Morgan fingerprint density at radius 3 is 2.43 bits per heavy atom. The molecule has 0 aromatic heterocycles. The van der Waals surface area contributed by atoms with E-state index >= 15 is 0 Å². The maximum absolute atomic E-state index is 12.4. The number of halogens is 2. The number of piperidine rings is 1. The first kappa shape index (κ1) is 16.4. The van der Waals surface area contributed by atoms with Crippen molar-refractivity contribution in [3.8, 4) is 0 Å². The van der Waals surface area contributed by atoms with E-state index < -0.39 is 0 Å². The summed E-state index contributed by atoms with van der Waals surface area (Å²) < 4.78 is 0. The number of nitrogens with one attached hydrogen (secondary N) is 2. The van der Waals surface area contributed by atoms with Gasteiger partial charge in [0, 0.05) is 34.9 Å². The molecule has 23 heavy (non-hydrogen) atoms. The van der Waals surface area contributed by atoms with E-state index in [1.54, 1.807) is 23.1 Å². The standard InChI is InChI=1S/C16H19Cl2N3O2/c17-11-6-12(18)8-14(7-11)19-15(22)10-2-1-5-21(9-10)16(23)20-13-3-4-13/h6-8,10,13H,1-5,9H2,(H,19,22)(H,20,23). The van der Waals surface area contributed by atoms with Crippen LogP contribution in [-0.2, 0) is 4.79 Å². The van der Waals surface area contributed by atoms with E-state index in [0.29, 0.717) is 34.9 Å². The fourth-order valence-corrected chi connectivity index (χ4v) is 3.27. The number of nitrogens with zero attached hydrogens (tertiary/aromatic N) is 1. The quantitative estimate of drug-likeness (QED) is 0.871. The van der Waals surface area contributed by atoms with Crippen LogP contribution in [0.4, 0.5) is 10.5 Å². The molecule has 3 amide bonds. The summed E-state index contributed by atoms with van der Waals surface area (Å²) in [5.74, 6) is -0.321. The molecule has 1 aromatic carbocycles. The Bertz CT molecular complexity index is 599. The minimum atomic E-state index is -0.216. The first-order valence-electron chi connectivity index (χ1n) is 7.83. The predicted molar refractivity (Wildman–Crippen MR) is 90.9 cm³/mol. The second-order valence-corrected chi connectivity index (χ2v) is 7.03. The van der Waals surface area contributed by atoms with Gasteiger partial charge in [0.05, 0.1) is 5.92 Å². The first-order chi connectivity index (χ1) is 11.0. The maximum atomic E-state index is 12.4. The summed E-state index contributed by atoms with van der Waals surface area (Å²) in [5, 5.41) is 6.76. The number of carbonyl (C=O) groups is 2. The lowest BCUT2D eigenvalue weighted by atomic mass is 9.97. The Balaban J connectivity index is 1.58. The van der Waals surface area contributed by atoms with Crippen LogP contribution in [0.5, 0.6) is 0 Å². The van der Waals surface area contributed by atoms with E-state index in [2.05, 4.69) is 10.6 Å². The van der Waals surface area contributed by atoms with Gasteiger partial charge in [-0.1, -0.05) is 23.2 Å². The fourth-order valence-electron chi connectivity index (χ4n) is 2.74. The molecule has 1 unspecified atom stereocenters. The SMILES string of the molecule is O=C(Nc1cc(Cl)cc(Cl)c1)C1CCCN(C(=O)NC2CC2)C1. The van der Waals surface area contributed by atoms with Crippen LogP contribution in [0.3, 0.4) is 0 Å². The van der Waals surface area contributed by atoms with Crippen molar-refractivity contribution < 1.29 is 9.59 Å². The van der Waals surface area contributed by atoms with E-state index in [1.807, 2.05) is 0 Å². The number of hydrogen-bond donors (Lipinski definition) is 2. The highest BCUT2D eigenvalue weighted by Crippen LogP contribution is 2.25. The lowest BCUT2D eigenvalue weighted by molar-refractivity contribution is -0.121. The second-order valence-electron chi connectivity index (χ2n) is 6.16. The van der Waals surface area contributed by atoms with Gasteiger partial charge in [-0.05, 0) is 43.9 Å². The molecular weight excluding hydrogens is 337 g/mol. The van der Waals surface area contributed by atoms with E-state index in [-0.39, 0.29) is 17.9 Å². The molecule has 0 spiro atoms. The summed E-state index contributed by atoms with van der Waals surface area (Å²) >= 11 is 11.9. The van der Waals surface area contributed by atoms with Crippen molar-refractivity contribution in [1.29, 1.82) is 0 Å². The second kappa shape index (κ2) is 6.97. The van der Waals surface area contributed by atoms with Gasteiger partial charge in [0.25, 0.3) is 0 Å². The van der Waals surface area contributed by atoms with Gasteiger partial charge in [0.2, 0.25) is 5.91 Å². The van der Waals surface area contributed by atoms with Gasteiger partial charge in [-0.15, -0.1) is 0 Å². The lowest BCUT2D eigenvalue weighted by Crippen LogP contribution is -2.48. The molecule has 1 saturated heterocycles. The summed E-state index contributed by atoms with van der Waals surface area (Å²) in [6.07, 6.45) is 3.71. The van der Waals surface area contributed by atoms with Crippen molar-refractivity contribution in [3.05, 3.63) is 28.2 Å². The number of amides is 3. The smallest absolute Gasteiger partial charge is 0.317 e. The topological polar surface area (TPSA) is 61.4 Å². The number of benzene rings is 1. The van der Waals surface area contributed by atoms with Gasteiger partial charge in [-0.25, -0.2) is 4.79 Å². The largest absolute Gasteiger partial charge is 0.335 e. The molecule has 1 saturated carbocycles. The minimum Gasteiger partial charge on any atom is -0.335 e. The third kappa shape index (κ3) is 4.52. The Hall–Kier alpha value is -1.46. The van der Waals surface area contributed by atoms with Crippen molar-refractivity contribution in [2.24, 2.45) is 5.92 Å². The molecule has 2 fully saturated rings. The van der Waals surface area contributed by atoms with Gasteiger partial charge in [0.15, 0.2) is 0 Å². The third-order valence-electron chi connectivity index (χ3n) is 4.11. The van der Waals surface area contributed by atoms with Crippen LogP contribution in [0, 0.1) is 5.92 Å². The molecule has 1 aliphatic carbocycles. The zero-order valence-corrected chi connectivity index (χ0v) is 14.2. The van der Waals surface area contributed by atoms with Gasteiger partial charge >= 0.3 is 6.03 Å². The van der Waals surface area contributed by atoms with Crippen molar-refractivity contribution in [2.75, 3.05) is 18.4 Å². The zero-order valence-electron chi connectivity index (χ0n) is 12.6. The van der Waals surface area contributed by atoms with Gasteiger partial charge in [0.1, 0.15) is 0 Å². The van der Waals surface area contributed by atoms with Crippen LogP contribution < -0.4 is 10.6 Å². The highest BCUT2D eigenvalue weighted by molar-refractivity contribution is 6.35. The fraction of sp³-hybridized carbons (Fsp3) is 0.500. The van der Waals surface area contributed by atoms with Crippen LogP contribution in [0.25, 0.3) is 0 Å². The average Bonchev–Trinajstić information content (AvgIpc) is 3.30. The van der Waals surface area contributed by atoms with Crippen LogP contribution >= 0.6 is 23.2 Å². The van der Waals surface area contributed by atoms with E-state index in [1.165, 1.54) is 0 Å². The van der Waals surface area contributed by atoms with Crippen molar-refractivity contribution in [3.63, 3.8) is 0 Å². The summed E-state index contributed by atoms with van der Waals surface area (Å²) in [6, 6.07) is 5.20. The highest BCUT2D eigenvalue weighted by Gasteiger charge is 2.31. The molecule has 2 aliphatic rings. The average molecular weight is 356 g/mol. The molecule has 7 heteroatoms. The monoisotopic (exact) mass is 355 g/mol. The van der Waals surface area contributed by atoms with Crippen molar-refractivity contribution in [2.45, 2.75) is 31.7 Å². The Kier molecular flexibility index (Phi) is 4.97. The summed E-state index contributed by atoms with van der Waals surface area (Å²) in [7, 11) is 0. The summed E-state index contributed by atoms with van der Waals surface area (Å²) in [6.45, 7) is 1.14. The Morgan fingerprint density at radius 1 is 1.09 bits per heavy atom. The Labute approximate surface area is 145 Å². The molecule has 124 valence electrons. The molecular formula is C16H19Cl2N3O2. The van der Waals surface area contributed by atoms with Crippen molar-refractivity contribution >= 4 is 40.8 Å². The Morgan fingerprint density at radius 2 is 1.78 bits per heavy atom. The normalized spacial score (nSPS) is 21.0. The summed E-state index contributed by atoms with van der Waals surface area (Å²) in [4.78, 5) is 26.3. The van der Waals surface area contributed by atoms with E-state index in [0.717, 1.165) is 25.7 Å². The number of urea groups is 1. The molecule has 1 aromatic rings. The zero-order chi connectivity index (χ0) is 16.4. The van der Waals surface area contributed by atoms with E-state index in [9.17, 15) is 9.59 Å². The highest BCUT2D eigenvalue weighted by atomic mass is 35.5. The van der Waals surface area contributed by atoms with Crippen LogP contribution in [0.1, 0.15) is 25.7 Å². The first-order valence-corrected chi connectivity index (χ1v) is 8.59. The van der Waals surface area contributed by atoms with Crippen molar-refractivity contribution in [1.82, 2.24) is 10.2 Å². The molecule has 0 bridgehead atoms. The molecule has 3 rings (SSSR count). The molecule has 1 heterocycles. The minimum absolute atomic E-state index is 0.0594. The van der Waals surface area contributed by atoms with E-state index in [4.69, 9.17) is 23.2 Å². The van der Waals surface area contributed by atoms with Crippen LogP contribution in [-0.4, -0.2) is 36.0 Å². The lowest BCUT2D eigenvalue weighted by Gasteiger charge is -2.32. The third-order valence-corrected chi connectivity index (χ3v) is 4.55. The van der Waals surface area contributed by atoms with Gasteiger partial charge in [-0.3, -0.25) is 4.79 Å². The van der Waals surface area contributed by atoms with Gasteiger partial charge in [-0.2, -0.15) is 0 Å². The molecule has 5 nitrogen and oxygen atoms in total. The summed E-state index contributed by atoms with van der Waals surface area (Å²) in [5.41, 5.74) is 0.576. The molecule has 2 N–H and O–H groups in total. The maximum Gasteiger partial charge on any atom is 0.317 e. The number of hydrogen-bond acceptors (Lipinski definition) is 2. The number of carbonyl (C=O) groups excluding carboxylic acids is 2. The van der Waals surface area contributed by atoms with Crippen LogP contribution in [0.15, 0.2) is 18.2 Å². The molecule has 1 aliphatic heterocycles. The number of anilines is 1. The molecule has 1 atom stereocenters. The molecule has 0 radical (unpaired) electrons. The van der Waals surface area contributed by atoms with Crippen LogP contribution in [0.2, 0.25) is 10.0 Å².